The second-order valence-corrected chi connectivity index (χ2v) is 4.82. The maximum Gasteiger partial charge on any atom is 0.206 e. The third-order valence-corrected chi connectivity index (χ3v) is 3.35. The summed E-state index contributed by atoms with van der Waals surface area (Å²) in [5.74, 6) is -0.149. The van der Waals surface area contributed by atoms with E-state index in [4.69, 9.17) is 11.1 Å². The molecular formula is C14H21N5. The number of nitrogens with two attached hydrogens (primary N) is 1. The minimum atomic E-state index is -0.149. The summed E-state index contributed by atoms with van der Waals surface area (Å²) in [7, 11) is 0. The summed E-state index contributed by atoms with van der Waals surface area (Å²) in [6.45, 7) is 4.20. The second kappa shape index (κ2) is 6.22. The molecule has 0 unspecified atom stereocenters. The second-order valence-electron chi connectivity index (χ2n) is 4.82. The number of hydrazone groups is 1. The Morgan fingerprint density at radius 3 is 2.42 bits per heavy atom. The first-order valence-corrected chi connectivity index (χ1v) is 6.66. The molecule has 1 fully saturated rings. The van der Waals surface area contributed by atoms with E-state index in [1.54, 1.807) is 0 Å². The van der Waals surface area contributed by atoms with Gasteiger partial charge in [0.25, 0.3) is 0 Å². The van der Waals surface area contributed by atoms with Crippen LogP contribution >= 0.6 is 0 Å². The van der Waals surface area contributed by atoms with E-state index >= 15 is 0 Å². The summed E-state index contributed by atoms with van der Waals surface area (Å²) in [6.07, 6.45) is 3.91. The first kappa shape index (κ1) is 13.4. The van der Waals surface area contributed by atoms with Gasteiger partial charge in [0.1, 0.15) is 0 Å². The zero-order chi connectivity index (χ0) is 13.7. The molecule has 0 bridgehead atoms. The quantitative estimate of drug-likeness (QED) is 0.440. The van der Waals surface area contributed by atoms with E-state index in [9.17, 15) is 0 Å². The molecule has 0 atom stereocenters. The fourth-order valence-electron chi connectivity index (χ4n) is 2.27. The van der Waals surface area contributed by atoms with Gasteiger partial charge in [0.15, 0.2) is 0 Å². The Morgan fingerprint density at radius 2 is 1.84 bits per heavy atom. The number of nitrogens with one attached hydrogen (secondary N) is 2. The number of hydrogen-bond donors (Lipinski definition) is 3. The summed E-state index contributed by atoms with van der Waals surface area (Å²) in [4.78, 5) is 2.42. The predicted molar refractivity (Wildman–Crippen MR) is 79.8 cm³/mol. The third-order valence-electron chi connectivity index (χ3n) is 3.35. The van der Waals surface area contributed by atoms with Gasteiger partial charge >= 0.3 is 0 Å². The number of nitrogens with zero attached hydrogens (tertiary/aromatic N) is 2. The number of anilines is 1. The van der Waals surface area contributed by atoms with Gasteiger partial charge < -0.3 is 10.6 Å². The normalized spacial score (nSPS) is 16.3. The fourth-order valence-corrected chi connectivity index (χ4v) is 2.27. The molecule has 0 radical (unpaired) electrons. The van der Waals surface area contributed by atoms with E-state index < -0.39 is 0 Å². The maximum absolute atomic E-state index is 7.07. The van der Waals surface area contributed by atoms with Crippen molar-refractivity contribution in [3.05, 3.63) is 29.8 Å². The predicted octanol–water partition coefficient (Wildman–Crippen LogP) is 1.88. The first-order valence-electron chi connectivity index (χ1n) is 6.66. The molecule has 1 saturated heterocycles. The molecule has 1 aromatic carbocycles. The summed E-state index contributed by atoms with van der Waals surface area (Å²) in [5.41, 5.74) is 10.8. The molecule has 0 amide bonds. The van der Waals surface area contributed by atoms with Crippen molar-refractivity contribution in [3.63, 3.8) is 0 Å². The van der Waals surface area contributed by atoms with Crippen LogP contribution in [0.3, 0.4) is 0 Å². The van der Waals surface area contributed by atoms with E-state index in [1.165, 1.54) is 24.9 Å². The van der Waals surface area contributed by atoms with Gasteiger partial charge in [-0.1, -0.05) is 12.1 Å². The van der Waals surface area contributed by atoms with Crippen molar-refractivity contribution in [2.75, 3.05) is 18.0 Å². The molecule has 1 aromatic rings. The van der Waals surface area contributed by atoms with Crippen molar-refractivity contribution in [3.8, 4) is 0 Å². The number of hydrogen-bond acceptors (Lipinski definition) is 3. The minimum Gasteiger partial charge on any atom is -0.372 e. The van der Waals surface area contributed by atoms with Crippen molar-refractivity contribution in [1.29, 1.82) is 5.41 Å². The first-order chi connectivity index (χ1) is 9.16. The molecule has 5 heteroatoms. The monoisotopic (exact) mass is 259 g/mol. The highest BCUT2D eigenvalue weighted by Crippen LogP contribution is 2.20. The van der Waals surface area contributed by atoms with Crippen LogP contribution < -0.4 is 16.1 Å². The summed E-state index contributed by atoms with van der Waals surface area (Å²) >= 11 is 0. The topological polar surface area (TPSA) is 77.5 Å². The number of rotatable bonds is 3. The van der Waals surface area contributed by atoms with Gasteiger partial charge in [-0.15, -0.1) is 0 Å². The molecule has 0 aromatic heterocycles. The van der Waals surface area contributed by atoms with Gasteiger partial charge in [0.05, 0.1) is 5.71 Å². The Labute approximate surface area is 114 Å². The van der Waals surface area contributed by atoms with Gasteiger partial charge in [-0.05, 0) is 43.9 Å². The van der Waals surface area contributed by atoms with Crippen molar-refractivity contribution in [1.82, 2.24) is 5.43 Å². The van der Waals surface area contributed by atoms with Gasteiger partial charge in [-0.3, -0.25) is 5.41 Å². The molecule has 5 nitrogen and oxygen atoms in total. The zero-order valence-electron chi connectivity index (χ0n) is 11.3. The Morgan fingerprint density at radius 1 is 1.21 bits per heavy atom. The van der Waals surface area contributed by atoms with E-state index in [0.717, 1.165) is 24.4 Å². The Kier molecular flexibility index (Phi) is 4.39. The highest BCUT2D eigenvalue weighted by Gasteiger charge is 2.10. The lowest BCUT2D eigenvalue weighted by Crippen LogP contribution is -2.29. The van der Waals surface area contributed by atoms with E-state index in [-0.39, 0.29) is 5.96 Å². The zero-order valence-corrected chi connectivity index (χ0v) is 11.3. The van der Waals surface area contributed by atoms with Crippen LogP contribution in [0.1, 0.15) is 31.7 Å². The highest BCUT2D eigenvalue weighted by atomic mass is 15.3. The standard InChI is InChI=1S/C14H21N5/c1-11(17-18-14(15)16)12-5-7-13(8-6-12)19-9-3-2-4-10-19/h5-8H,2-4,9-10H2,1H3,(H4,15,16,18)/b17-11+. The average Bonchev–Trinajstić information content (AvgIpc) is 2.46. The third kappa shape index (κ3) is 3.71. The molecule has 0 saturated carbocycles. The van der Waals surface area contributed by atoms with Crippen LogP contribution in [0, 0.1) is 5.41 Å². The van der Waals surface area contributed by atoms with Gasteiger partial charge in [0, 0.05) is 18.8 Å². The molecule has 0 spiro atoms. The molecule has 2 rings (SSSR count). The van der Waals surface area contributed by atoms with Crippen molar-refractivity contribution in [2.45, 2.75) is 26.2 Å². The number of piperidine rings is 1. The van der Waals surface area contributed by atoms with Crippen LogP contribution in [0.25, 0.3) is 0 Å². The molecule has 19 heavy (non-hydrogen) atoms. The van der Waals surface area contributed by atoms with Gasteiger partial charge in [-0.2, -0.15) is 5.10 Å². The summed E-state index contributed by atoms with van der Waals surface area (Å²) < 4.78 is 0. The van der Waals surface area contributed by atoms with Gasteiger partial charge in [-0.25, -0.2) is 5.43 Å². The van der Waals surface area contributed by atoms with Crippen molar-refractivity contribution >= 4 is 17.4 Å². The lowest BCUT2D eigenvalue weighted by Gasteiger charge is -2.28. The lowest BCUT2D eigenvalue weighted by molar-refractivity contribution is 0.578. The molecule has 0 aliphatic carbocycles. The molecular weight excluding hydrogens is 238 g/mol. The molecule has 1 aliphatic heterocycles. The highest BCUT2D eigenvalue weighted by molar-refractivity contribution is 5.99. The smallest absolute Gasteiger partial charge is 0.206 e. The van der Waals surface area contributed by atoms with E-state index in [1.807, 2.05) is 6.92 Å². The molecule has 1 heterocycles. The summed E-state index contributed by atoms with van der Waals surface area (Å²) in [5, 5.41) is 11.1. The number of benzene rings is 1. The van der Waals surface area contributed by atoms with Crippen LogP contribution in [-0.2, 0) is 0 Å². The average molecular weight is 259 g/mol. The Hall–Kier alpha value is -2.04. The molecule has 1 aliphatic rings. The maximum atomic E-state index is 7.07. The van der Waals surface area contributed by atoms with Crippen molar-refractivity contribution in [2.24, 2.45) is 10.8 Å². The fraction of sp³-hybridized carbons (Fsp3) is 0.429. The molecule has 102 valence electrons. The van der Waals surface area contributed by atoms with Crippen LogP contribution in [0.4, 0.5) is 5.69 Å². The SMILES string of the molecule is C/C(=N\NC(=N)N)c1ccc(N2CCCCC2)cc1. The number of guanidine groups is 1. The van der Waals surface area contributed by atoms with E-state index in [0.29, 0.717) is 0 Å². The molecule has 4 N–H and O–H groups in total. The van der Waals surface area contributed by atoms with Crippen LogP contribution in [0.5, 0.6) is 0 Å². The van der Waals surface area contributed by atoms with Crippen LogP contribution in [0.15, 0.2) is 29.4 Å². The summed E-state index contributed by atoms with van der Waals surface area (Å²) in [6, 6.07) is 8.38. The van der Waals surface area contributed by atoms with Crippen LogP contribution in [-0.4, -0.2) is 24.8 Å². The largest absolute Gasteiger partial charge is 0.372 e. The minimum absolute atomic E-state index is 0.149. The van der Waals surface area contributed by atoms with Gasteiger partial charge in [0.2, 0.25) is 5.96 Å². The van der Waals surface area contributed by atoms with E-state index in [2.05, 4.69) is 39.7 Å². The Balaban J connectivity index is 2.05. The Bertz CT molecular complexity index is 457. The lowest BCUT2D eigenvalue weighted by atomic mass is 10.1. The van der Waals surface area contributed by atoms with Crippen molar-refractivity contribution < 1.29 is 0 Å². The van der Waals surface area contributed by atoms with Crippen LogP contribution in [0.2, 0.25) is 0 Å².